The van der Waals surface area contributed by atoms with Gasteiger partial charge in [-0.05, 0) is 43.2 Å². The van der Waals surface area contributed by atoms with E-state index >= 15 is 0 Å². The molecule has 1 aliphatic heterocycles. The molecule has 3 aromatic rings. The Morgan fingerprint density at radius 1 is 1.07 bits per heavy atom. The Morgan fingerprint density at radius 2 is 1.78 bits per heavy atom. The van der Waals surface area contributed by atoms with Crippen molar-refractivity contribution in [3.8, 4) is 0 Å². The van der Waals surface area contributed by atoms with Crippen LogP contribution >= 0.6 is 0 Å². The maximum Gasteiger partial charge on any atom is 0.261 e. The fourth-order valence-corrected chi connectivity index (χ4v) is 3.65. The predicted octanol–water partition coefficient (Wildman–Crippen LogP) is 3.33. The van der Waals surface area contributed by atoms with Crippen LogP contribution in [0.25, 0.3) is 10.9 Å². The van der Waals surface area contributed by atoms with E-state index in [9.17, 15) is 14.4 Å². The second-order valence-corrected chi connectivity index (χ2v) is 6.86. The number of carbonyl (C=O) groups excluding carboxylic acids is 2. The standard InChI is InChI=1S/C21H19N3O3/c1-12-9-14-5-3-8-17-19(14)24(12)11-18(20(17)26)21(27)23-16-7-4-6-15(10-16)22-13(2)25/h3-8,10-12H,9H2,1-2H3,(H,22,25)(H,23,27)/t12-/m1/s1. The van der Waals surface area contributed by atoms with Crippen LogP contribution < -0.4 is 16.1 Å². The van der Waals surface area contributed by atoms with E-state index in [1.807, 2.05) is 16.7 Å². The third-order valence-electron chi connectivity index (χ3n) is 4.81. The molecule has 2 heterocycles. The molecule has 0 saturated carbocycles. The number of pyridine rings is 1. The van der Waals surface area contributed by atoms with Crippen LogP contribution in [0.2, 0.25) is 0 Å². The first kappa shape index (κ1) is 17.0. The first-order valence-electron chi connectivity index (χ1n) is 8.80. The number of nitrogens with one attached hydrogen (secondary N) is 2. The highest BCUT2D eigenvalue weighted by Gasteiger charge is 2.24. The monoisotopic (exact) mass is 361 g/mol. The molecule has 1 aromatic heterocycles. The summed E-state index contributed by atoms with van der Waals surface area (Å²) in [7, 11) is 0. The maximum absolute atomic E-state index is 12.9. The van der Waals surface area contributed by atoms with E-state index in [1.165, 1.54) is 6.92 Å². The topological polar surface area (TPSA) is 80.2 Å². The van der Waals surface area contributed by atoms with Crippen molar-refractivity contribution in [1.29, 1.82) is 0 Å². The molecule has 2 amide bonds. The van der Waals surface area contributed by atoms with Crippen molar-refractivity contribution in [2.45, 2.75) is 26.3 Å². The van der Waals surface area contributed by atoms with Gasteiger partial charge in [-0.3, -0.25) is 14.4 Å². The highest BCUT2D eigenvalue weighted by molar-refractivity contribution is 6.06. The molecule has 0 saturated heterocycles. The molecule has 4 rings (SSSR count). The van der Waals surface area contributed by atoms with Crippen molar-refractivity contribution >= 4 is 34.1 Å². The number of hydrogen-bond acceptors (Lipinski definition) is 3. The second-order valence-electron chi connectivity index (χ2n) is 6.86. The molecule has 0 spiro atoms. The van der Waals surface area contributed by atoms with Crippen molar-refractivity contribution in [1.82, 2.24) is 4.57 Å². The van der Waals surface area contributed by atoms with Crippen LogP contribution in [0.4, 0.5) is 11.4 Å². The predicted molar refractivity (Wildman–Crippen MR) is 105 cm³/mol. The third kappa shape index (κ3) is 2.99. The maximum atomic E-state index is 12.9. The minimum Gasteiger partial charge on any atom is -0.343 e. The van der Waals surface area contributed by atoms with E-state index in [4.69, 9.17) is 0 Å². The number of carbonyl (C=O) groups is 2. The minimum atomic E-state index is -0.463. The number of rotatable bonds is 3. The van der Waals surface area contributed by atoms with Gasteiger partial charge in [0.15, 0.2) is 0 Å². The Balaban J connectivity index is 1.72. The molecular weight excluding hydrogens is 342 g/mol. The zero-order valence-corrected chi connectivity index (χ0v) is 15.1. The van der Waals surface area contributed by atoms with Gasteiger partial charge in [0.2, 0.25) is 11.3 Å². The average Bonchev–Trinajstić information content (AvgIpc) is 2.94. The summed E-state index contributed by atoms with van der Waals surface area (Å²) in [6.45, 7) is 3.49. The van der Waals surface area contributed by atoms with Crippen LogP contribution in [-0.4, -0.2) is 16.4 Å². The van der Waals surface area contributed by atoms with E-state index < -0.39 is 5.91 Å². The number of benzene rings is 2. The summed E-state index contributed by atoms with van der Waals surface area (Å²) < 4.78 is 2.01. The largest absolute Gasteiger partial charge is 0.343 e. The van der Waals surface area contributed by atoms with E-state index in [2.05, 4.69) is 17.6 Å². The van der Waals surface area contributed by atoms with E-state index in [0.29, 0.717) is 16.8 Å². The van der Waals surface area contributed by atoms with Gasteiger partial charge in [0.25, 0.3) is 5.91 Å². The molecule has 6 heteroatoms. The van der Waals surface area contributed by atoms with E-state index in [0.717, 1.165) is 17.5 Å². The molecule has 1 aliphatic rings. The Kier molecular flexibility index (Phi) is 4.03. The summed E-state index contributed by atoms with van der Waals surface area (Å²) in [4.78, 5) is 36.9. The molecule has 27 heavy (non-hydrogen) atoms. The normalized spacial score (nSPS) is 15.0. The molecule has 0 bridgehead atoms. The van der Waals surface area contributed by atoms with Gasteiger partial charge in [-0.2, -0.15) is 0 Å². The van der Waals surface area contributed by atoms with Crippen LogP contribution in [0.3, 0.4) is 0 Å². The van der Waals surface area contributed by atoms with Crippen molar-refractivity contribution in [3.63, 3.8) is 0 Å². The van der Waals surface area contributed by atoms with Gasteiger partial charge >= 0.3 is 0 Å². The quantitative estimate of drug-likeness (QED) is 0.751. The van der Waals surface area contributed by atoms with Crippen LogP contribution in [0, 0.1) is 0 Å². The number of hydrogen-bond donors (Lipinski definition) is 2. The van der Waals surface area contributed by atoms with Gasteiger partial charge in [0.1, 0.15) is 5.56 Å². The Labute approximate surface area is 155 Å². The summed E-state index contributed by atoms with van der Waals surface area (Å²) in [6.07, 6.45) is 2.50. The number of para-hydroxylation sites is 1. The summed E-state index contributed by atoms with van der Waals surface area (Å²) in [6, 6.07) is 12.7. The van der Waals surface area contributed by atoms with Crippen LogP contribution in [0.1, 0.15) is 35.8 Å². The summed E-state index contributed by atoms with van der Waals surface area (Å²) in [5.74, 6) is -0.658. The Bertz CT molecular complexity index is 1150. The van der Waals surface area contributed by atoms with Gasteiger partial charge in [-0.1, -0.05) is 18.2 Å². The van der Waals surface area contributed by atoms with Crippen molar-refractivity contribution in [3.05, 3.63) is 70.0 Å². The summed E-state index contributed by atoms with van der Waals surface area (Å²) in [5.41, 5.74) is 2.97. The lowest BCUT2D eigenvalue weighted by atomic mass is 10.1. The molecule has 6 nitrogen and oxygen atoms in total. The lowest BCUT2D eigenvalue weighted by molar-refractivity contribution is -0.114. The molecule has 0 fully saturated rings. The number of amides is 2. The molecule has 0 radical (unpaired) electrons. The van der Waals surface area contributed by atoms with Crippen molar-refractivity contribution in [2.75, 3.05) is 10.6 Å². The molecule has 136 valence electrons. The number of aromatic nitrogens is 1. The lowest BCUT2D eigenvalue weighted by Crippen LogP contribution is -2.23. The molecular formula is C21H19N3O3. The minimum absolute atomic E-state index is 0.110. The lowest BCUT2D eigenvalue weighted by Gasteiger charge is -2.13. The van der Waals surface area contributed by atoms with Gasteiger partial charge < -0.3 is 15.2 Å². The first-order valence-corrected chi connectivity index (χ1v) is 8.80. The third-order valence-corrected chi connectivity index (χ3v) is 4.81. The van der Waals surface area contributed by atoms with Crippen LogP contribution in [0.5, 0.6) is 0 Å². The zero-order chi connectivity index (χ0) is 19.1. The van der Waals surface area contributed by atoms with Gasteiger partial charge in [-0.25, -0.2) is 0 Å². The molecule has 2 N–H and O–H groups in total. The molecule has 0 unspecified atom stereocenters. The number of nitrogens with zero attached hydrogens (tertiary/aromatic N) is 1. The van der Waals surface area contributed by atoms with Crippen LogP contribution in [-0.2, 0) is 11.2 Å². The first-order chi connectivity index (χ1) is 12.9. The molecule has 0 aliphatic carbocycles. The SMILES string of the molecule is CC(=O)Nc1cccc(NC(=O)c2cn3c4c(cccc4c2=O)C[C@H]3C)c1. The Hall–Kier alpha value is -3.41. The van der Waals surface area contributed by atoms with Crippen LogP contribution in [0.15, 0.2) is 53.5 Å². The average molecular weight is 361 g/mol. The van der Waals surface area contributed by atoms with Gasteiger partial charge in [-0.15, -0.1) is 0 Å². The highest BCUT2D eigenvalue weighted by atomic mass is 16.2. The second kappa shape index (κ2) is 6.39. The molecule has 2 aromatic carbocycles. The number of anilines is 2. The van der Waals surface area contributed by atoms with E-state index in [1.54, 1.807) is 36.5 Å². The summed E-state index contributed by atoms with van der Waals surface area (Å²) in [5, 5.41) is 5.99. The fraction of sp³-hybridized carbons (Fsp3) is 0.190. The van der Waals surface area contributed by atoms with Crippen molar-refractivity contribution in [2.24, 2.45) is 0 Å². The zero-order valence-electron chi connectivity index (χ0n) is 15.1. The molecule has 1 atom stereocenters. The Morgan fingerprint density at radius 3 is 2.52 bits per heavy atom. The van der Waals surface area contributed by atoms with E-state index in [-0.39, 0.29) is 22.9 Å². The fourth-order valence-electron chi connectivity index (χ4n) is 3.65. The van der Waals surface area contributed by atoms with Gasteiger partial charge in [0.05, 0.1) is 5.52 Å². The van der Waals surface area contributed by atoms with Gasteiger partial charge in [0, 0.05) is 35.9 Å². The smallest absolute Gasteiger partial charge is 0.261 e. The van der Waals surface area contributed by atoms with Crippen molar-refractivity contribution < 1.29 is 9.59 Å². The highest BCUT2D eigenvalue weighted by Crippen LogP contribution is 2.31. The summed E-state index contributed by atoms with van der Waals surface area (Å²) >= 11 is 0.